The van der Waals surface area contributed by atoms with Crippen molar-refractivity contribution in [1.82, 2.24) is 4.90 Å². The van der Waals surface area contributed by atoms with Gasteiger partial charge in [0.2, 0.25) is 5.91 Å². The van der Waals surface area contributed by atoms with Crippen LogP contribution in [0.2, 0.25) is 0 Å². The molecule has 19 heavy (non-hydrogen) atoms. The molecule has 1 atom stereocenters. The Bertz CT molecular complexity index is 431. The smallest absolute Gasteiger partial charge is 0.222 e. The molecule has 0 aromatic heterocycles. The number of ether oxygens (including phenoxy) is 2. The molecule has 0 aliphatic rings. The molecule has 0 spiro atoms. The second kappa shape index (κ2) is 6.99. The van der Waals surface area contributed by atoms with Crippen LogP contribution in [0.15, 0.2) is 18.2 Å². The standard InChI is InChI=1S/C14H21NO4/c1-15(2)14(17)8-6-12(16)11-9-10(18-3)5-7-13(11)19-4/h5,7,9,12,16H,6,8H2,1-4H3. The Morgan fingerprint density at radius 1 is 1.32 bits per heavy atom. The molecule has 1 aromatic rings. The van der Waals surface area contributed by atoms with E-state index in [0.29, 0.717) is 23.5 Å². The van der Waals surface area contributed by atoms with Crippen molar-refractivity contribution in [2.45, 2.75) is 18.9 Å². The summed E-state index contributed by atoms with van der Waals surface area (Å²) >= 11 is 0. The molecule has 0 radical (unpaired) electrons. The number of aliphatic hydroxyl groups is 1. The lowest BCUT2D eigenvalue weighted by Gasteiger charge is -2.17. The molecule has 0 aliphatic heterocycles. The first-order chi connectivity index (χ1) is 8.99. The van der Waals surface area contributed by atoms with E-state index in [2.05, 4.69) is 0 Å². The Balaban J connectivity index is 2.79. The third kappa shape index (κ3) is 4.13. The van der Waals surface area contributed by atoms with Crippen LogP contribution in [0.1, 0.15) is 24.5 Å². The second-order valence-corrected chi connectivity index (χ2v) is 4.45. The van der Waals surface area contributed by atoms with Gasteiger partial charge in [0.25, 0.3) is 0 Å². The highest BCUT2D eigenvalue weighted by Crippen LogP contribution is 2.31. The third-order valence-electron chi connectivity index (χ3n) is 2.93. The summed E-state index contributed by atoms with van der Waals surface area (Å²) in [5.74, 6) is 1.22. The predicted octanol–water partition coefficient (Wildman–Crippen LogP) is 1.61. The van der Waals surface area contributed by atoms with E-state index in [1.165, 1.54) is 4.90 Å². The lowest BCUT2D eigenvalue weighted by molar-refractivity contribution is -0.129. The van der Waals surface area contributed by atoms with Gasteiger partial charge in [0, 0.05) is 26.1 Å². The largest absolute Gasteiger partial charge is 0.497 e. The number of hydrogen-bond acceptors (Lipinski definition) is 4. The molecule has 0 saturated heterocycles. The molecule has 0 saturated carbocycles. The van der Waals surface area contributed by atoms with Gasteiger partial charge in [-0.15, -0.1) is 0 Å². The molecule has 5 heteroatoms. The molecule has 1 aromatic carbocycles. The number of amides is 1. The predicted molar refractivity (Wildman–Crippen MR) is 72.4 cm³/mol. The average Bonchev–Trinajstić information content (AvgIpc) is 2.43. The SMILES string of the molecule is COc1ccc(OC)c(C(O)CCC(=O)N(C)C)c1. The normalized spacial score (nSPS) is 11.8. The maximum atomic E-state index is 11.5. The minimum Gasteiger partial charge on any atom is -0.497 e. The Morgan fingerprint density at radius 2 is 2.00 bits per heavy atom. The number of carbonyl (C=O) groups is 1. The molecule has 0 bridgehead atoms. The van der Waals surface area contributed by atoms with E-state index in [9.17, 15) is 9.90 Å². The highest BCUT2D eigenvalue weighted by molar-refractivity contribution is 5.75. The molecular formula is C14H21NO4. The minimum atomic E-state index is -0.756. The van der Waals surface area contributed by atoms with Crippen LogP contribution in [0.4, 0.5) is 0 Å². The monoisotopic (exact) mass is 267 g/mol. The number of methoxy groups -OCH3 is 2. The van der Waals surface area contributed by atoms with Gasteiger partial charge in [-0.1, -0.05) is 0 Å². The molecule has 0 heterocycles. The lowest BCUT2D eigenvalue weighted by Crippen LogP contribution is -2.21. The summed E-state index contributed by atoms with van der Waals surface area (Å²) in [4.78, 5) is 13.0. The van der Waals surface area contributed by atoms with Crippen molar-refractivity contribution < 1.29 is 19.4 Å². The van der Waals surface area contributed by atoms with Gasteiger partial charge in [-0.2, -0.15) is 0 Å². The Labute approximate surface area is 113 Å². The maximum absolute atomic E-state index is 11.5. The van der Waals surface area contributed by atoms with Gasteiger partial charge < -0.3 is 19.5 Å². The number of benzene rings is 1. The van der Waals surface area contributed by atoms with Crippen LogP contribution in [-0.2, 0) is 4.79 Å². The van der Waals surface area contributed by atoms with E-state index in [1.54, 1.807) is 46.5 Å². The van der Waals surface area contributed by atoms with E-state index in [4.69, 9.17) is 9.47 Å². The van der Waals surface area contributed by atoms with E-state index >= 15 is 0 Å². The summed E-state index contributed by atoms with van der Waals surface area (Å²) in [6, 6.07) is 5.23. The first-order valence-electron chi connectivity index (χ1n) is 6.09. The summed E-state index contributed by atoms with van der Waals surface area (Å²) in [7, 11) is 6.50. The highest BCUT2D eigenvalue weighted by Gasteiger charge is 2.16. The molecular weight excluding hydrogens is 246 g/mol. The van der Waals surface area contributed by atoms with Crippen LogP contribution in [0.5, 0.6) is 11.5 Å². The summed E-state index contributed by atoms with van der Waals surface area (Å²) in [5, 5.41) is 10.2. The van der Waals surface area contributed by atoms with Crippen molar-refractivity contribution >= 4 is 5.91 Å². The van der Waals surface area contributed by atoms with Gasteiger partial charge in [-0.25, -0.2) is 0 Å². The fraction of sp³-hybridized carbons (Fsp3) is 0.500. The zero-order chi connectivity index (χ0) is 14.4. The average molecular weight is 267 g/mol. The zero-order valence-electron chi connectivity index (χ0n) is 11.8. The molecule has 1 unspecified atom stereocenters. The first kappa shape index (κ1) is 15.3. The second-order valence-electron chi connectivity index (χ2n) is 4.45. The van der Waals surface area contributed by atoms with E-state index < -0.39 is 6.10 Å². The number of rotatable bonds is 6. The van der Waals surface area contributed by atoms with Gasteiger partial charge in [0.15, 0.2) is 0 Å². The Hall–Kier alpha value is -1.75. The molecule has 1 amide bonds. The number of hydrogen-bond donors (Lipinski definition) is 1. The van der Waals surface area contributed by atoms with Crippen molar-refractivity contribution in [2.24, 2.45) is 0 Å². The van der Waals surface area contributed by atoms with Crippen LogP contribution < -0.4 is 9.47 Å². The Kier molecular flexibility index (Phi) is 5.63. The van der Waals surface area contributed by atoms with Crippen molar-refractivity contribution in [3.63, 3.8) is 0 Å². The molecule has 0 fully saturated rings. The number of nitrogens with zero attached hydrogens (tertiary/aromatic N) is 1. The van der Waals surface area contributed by atoms with Crippen molar-refractivity contribution in [2.75, 3.05) is 28.3 Å². The zero-order valence-corrected chi connectivity index (χ0v) is 11.8. The fourth-order valence-corrected chi connectivity index (χ4v) is 1.74. The third-order valence-corrected chi connectivity index (χ3v) is 2.93. The van der Waals surface area contributed by atoms with Crippen LogP contribution in [0.3, 0.4) is 0 Å². The van der Waals surface area contributed by atoms with Crippen molar-refractivity contribution in [3.8, 4) is 11.5 Å². The van der Waals surface area contributed by atoms with Crippen LogP contribution in [-0.4, -0.2) is 44.2 Å². The summed E-state index contributed by atoms with van der Waals surface area (Å²) < 4.78 is 10.3. The van der Waals surface area contributed by atoms with Gasteiger partial charge in [-0.05, 0) is 24.6 Å². The maximum Gasteiger partial charge on any atom is 0.222 e. The quantitative estimate of drug-likeness (QED) is 0.850. The van der Waals surface area contributed by atoms with Gasteiger partial charge in [0.1, 0.15) is 11.5 Å². The van der Waals surface area contributed by atoms with E-state index in [1.807, 2.05) is 0 Å². The molecule has 1 rings (SSSR count). The van der Waals surface area contributed by atoms with Crippen LogP contribution >= 0.6 is 0 Å². The van der Waals surface area contributed by atoms with Crippen LogP contribution in [0, 0.1) is 0 Å². The Morgan fingerprint density at radius 3 is 2.53 bits per heavy atom. The first-order valence-corrected chi connectivity index (χ1v) is 6.09. The highest BCUT2D eigenvalue weighted by atomic mass is 16.5. The minimum absolute atomic E-state index is 0.0130. The van der Waals surface area contributed by atoms with Gasteiger partial charge in [-0.3, -0.25) is 4.79 Å². The summed E-state index contributed by atoms with van der Waals surface area (Å²) in [6.45, 7) is 0. The fourth-order valence-electron chi connectivity index (χ4n) is 1.74. The molecule has 0 aliphatic carbocycles. The van der Waals surface area contributed by atoms with E-state index in [-0.39, 0.29) is 12.3 Å². The lowest BCUT2D eigenvalue weighted by atomic mass is 10.0. The summed E-state index contributed by atoms with van der Waals surface area (Å²) in [6.07, 6.45) is -0.122. The molecule has 1 N–H and O–H groups in total. The van der Waals surface area contributed by atoms with Crippen LogP contribution in [0.25, 0.3) is 0 Å². The molecule has 106 valence electrons. The van der Waals surface area contributed by atoms with Gasteiger partial charge in [0.05, 0.1) is 20.3 Å². The summed E-state index contributed by atoms with van der Waals surface area (Å²) in [5.41, 5.74) is 0.633. The van der Waals surface area contributed by atoms with Crippen molar-refractivity contribution in [3.05, 3.63) is 23.8 Å². The number of aliphatic hydroxyl groups excluding tert-OH is 1. The topological polar surface area (TPSA) is 59.0 Å². The van der Waals surface area contributed by atoms with Gasteiger partial charge >= 0.3 is 0 Å². The number of carbonyl (C=O) groups excluding carboxylic acids is 1. The molecule has 5 nitrogen and oxygen atoms in total. The van der Waals surface area contributed by atoms with E-state index in [0.717, 1.165) is 0 Å². The van der Waals surface area contributed by atoms with Crippen molar-refractivity contribution in [1.29, 1.82) is 0 Å².